The van der Waals surface area contributed by atoms with Crippen LogP contribution < -0.4 is 10.2 Å². The minimum Gasteiger partial charge on any atom is -0.381 e. The Hall–Kier alpha value is -1.74. The molecule has 0 heterocycles. The largest absolute Gasteiger partial charge is 0.381 e. The maximum absolute atomic E-state index is 13.4. The average Bonchev–Trinajstić information content (AvgIpc) is 2.51. The third-order valence-electron chi connectivity index (χ3n) is 3.48. The molecule has 2 rings (SSSR count). The number of nitrogens with one attached hydrogen (secondary N) is 1. The van der Waals surface area contributed by atoms with E-state index in [1.165, 1.54) is 11.8 Å². The Morgan fingerprint density at radius 2 is 1.71 bits per heavy atom. The maximum atomic E-state index is 13.4. The predicted molar refractivity (Wildman–Crippen MR) is 88.7 cm³/mol. The molecule has 0 saturated carbocycles. The SMILES string of the molecule is CCN(CC)c1ccc(NCc2ccc(Cl)c(F)c2)cc1. The van der Waals surface area contributed by atoms with Crippen LogP contribution in [0.3, 0.4) is 0 Å². The molecule has 0 unspecified atom stereocenters. The lowest BCUT2D eigenvalue weighted by molar-refractivity contribution is 0.626. The van der Waals surface area contributed by atoms with Crippen LogP contribution in [0, 0.1) is 5.82 Å². The first-order chi connectivity index (χ1) is 10.1. The van der Waals surface area contributed by atoms with Gasteiger partial charge in [0.15, 0.2) is 0 Å². The molecule has 0 spiro atoms. The first kappa shape index (κ1) is 15.6. The van der Waals surface area contributed by atoms with Crippen molar-refractivity contribution in [3.05, 3.63) is 58.9 Å². The molecule has 0 saturated heterocycles. The van der Waals surface area contributed by atoms with Gasteiger partial charge in [-0.3, -0.25) is 0 Å². The lowest BCUT2D eigenvalue weighted by atomic mass is 10.2. The van der Waals surface area contributed by atoms with E-state index in [9.17, 15) is 4.39 Å². The molecule has 2 nitrogen and oxygen atoms in total. The highest BCUT2D eigenvalue weighted by Gasteiger charge is 2.03. The summed E-state index contributed by atoms with van der Waals surface area (Å²) < 4.78 is 13.4. The van der Waals surface area contributed by atoms with Crippen LogP contribution in [-0.4, -0.2) is 13.1 Å². The highest BCUT2D eigenvalue weighted by Crippen LogP contribution is 2.19. The van der Waals surface area contributed by atoms with E-state index in [0.29, 0.717) is 6.54 Å². The Labute approximate surface area is 130 Å². The molecule has 112 valence electrons. The second-order valence-electron chi connectivity index (χ2n) is 4.82. The van der Waals surface area contributed by atoms with Crippen molar-refractivity contribution in [3.63, 3.8) is 0 Å². The molecule has 0 amide bonds. The van der Waals surface area contributed by atoms with Gasteiger partial charge in [0, 0.05) is 31.0 Å². The minimum atomic E-state index is -0.382. The first-order valence-corrected chi connectivity index (χ1v) is 7.54. The van der Waals surface area contributed by atoms with Crippen molar-refractivity contribution >= 4 is 23.0 Å². The summed E-state index contributed by atoms with van der Waals surface area (Å²) in [5, 5.41) is 3.44. The molecule has 0 atom stereocenters. The van der Waals surface area contributed by atoms with Crippen molar-refractivity contribution in [2.45, 2.75) is 20.4 Å². The van der Waals surface area contributed by atoms with Gasteiger partial charge in [-0.05, 0) is 55.8 Å². The van der Waals surface area contributed by atoms with E-state index in [1.54, 1.807) is 6.07 Å². The van der Waals surface area contributed by atoms with Crippen molar-refractivity contribution in [1.82, 2.24) is 0 Å². The van der Waals surface area contributed by atoms with Gasteiger partial charge in [-0.1, -0.05) is 17.7 Å². The third-order valence-corrected chi connectivity index (χ3v) is 3.78. The first-order valence-electron chi connectivity index (χ1n) is 7.16. The van der Waals surface area contributed by atoms with Crippen LogP contribution in [0.5, 0.6) is 0 Å². The molecule has 4 heteroatoms. The number of nitrogens with zero attached hydrogens (tertiary/aromatic N) is 1. The fourth-order valence-electron chi connectivity index (χ4n) is 2.23. The van der Waals surface area contributed by atoms with Crippen LogP contribution in [-0.2, 0) is 6.54 Å². The molecule has 21 heavy (non-hydrogen) atoms. The maximum Gasteiger partial charge on any atom is 0.142 e. The summed E-state index contributed by atoms with van der Waals surface area (Å²) in [7, 11) is 0. The molecular formula is C17H20ClFN2. The van der Waals surface area contributed by atoms with Crippen LogP contribution in [0.15, 0.2) is 42.5 Å². The van der Waals surface area contributed by atoms with Crippen LogP contribution in [0.1, 0.15) is 19.4 Å². The third kappa shape index (κ3) is 4.11. The summed E-state index contributed by atoms with van der Waals surface area (Å²) >= 11 is 5.67. The zero-order valence-corrected chi connectivity index (χ0v) is 13.1. The van der Waals surface area contributed by atoms with Crippen molar-refractivity contribution < 1.29 is 4.39 Å². The molecule has 0 aliphatic carbocycles. The molecule has 0 radical (unpaired) electrons. The van der Waals surface area contributed by atoms with Gasteiger partial charge < -0.3 is 10.2 Å². The molecule has 0 fully saturated rings. The van der Waals surface area contributed by atoms with Gasteiger partial charge in [0.05, 0.1) is 5.02 Å². The Morgan fingerprint density at radius 1 is 1.05 bits per heavy atom. The normalized spacial score (nSPS) is 10.5. The summed E-state index contributed by atoms with van der Waals surface area (Å²) in [5.41, 5.74) is 3.09. The average molecular weight is 307 g/mol. The van der Waals surface area contributed by atoms with E-state index in [-0.39, 0.29) is 10.8 Å². The van der Waals surface area contributed by atoms with Crippen LogP contribution in [0.4, 0.5) is 15.8 Å². The van der Waals surface area contributed by atoms with Gasteiger partial charge in [0.2, 0.25) is 0 Å². The zero-order valence-electron chi connectivity index (χ0n) is 12.4. The Bertz CT molecular complexity index is 580. The molecular weight excluding hydrogens is 287 g/mol. The van der Waals surface area contributed by atoms with E-state index in [4.69, 9.17) is 11.6 Å². The van der Waals surface area contributed by atoms with Crippen molar-refractivity contribution in [1.29, 1.82) is 0 Å². The smallest absolute Gasteiger partial charge is 0.142 e. The number of halogens is 2. The van der Waals surface area contributed by atoms with Crippen molar-refractivity contribution in [2.24, 2.45) is 0 Å². The monoisotopic (exact) mass is 306 g/mol. The quantitative estimate of drug-likeness (QED) is 0.813. The predicted octanol–water partition coefficient (Wildman–Crippen LogP) is 4.94. The Balaban J connectivity index is 1.98. The standard InChI is InChI=1S/C17H20ClFN2/c1-3-21(4-2)15-8-6-14(7-9-15)20-12-13-5-10-16(18)17(19)11-13/h5-11,20H,3-4,12H2,1-2H3. The number of anilines is 2. The van der Waals surface area contributed by atoms with E-state index in [2.05, 4.69) is 36.2 Å². The second-order valence-corrected chi connectivity index (χ2v) is 5.23. The lowest BCUT2D eigenvalue weighted by Gasteiger charge is -2.21. The number of hydrogen-bond acceptors (Lipinski definition) is 2. The topological polar surface area (TPSA) is 15.3 Å². The van der Waals surface area contributed by atoms with Gasteiger partial charge in [-0.15, -0.1) is 0 Å². The highest BCUT2D eigenvalue weighted by atomic mass is 35.5. The fourth-order valence-corrected chi connectivity index (χ4v) is 2.35. The Morgan fingerprint density at radius 3 is 2.29 bits per heavy atom. The highest BCUT2D eigenvalue weighted by molar-refractivity contribution is 6.30. The van der Waals surface area contributed by atoms with Gasteiger partial charge in [-0.25, -0.2) is 4.39 Å². The summed E-state index contributed by atoms with van der Waals surface area (Å²) in [6.45, 7) is 6.84. The molecule has 0 bridgehead atoms. The number of benzene rings is 2. The van der Waals surface area contributed by atoms with E-state index < -0.39 is 0 Å². The molecule has 0 aromatic heterocycles. The van der Waals surface area contributed by atoms with Crippen molar-refractivity contribution in [3.8, 4) is 0 Å². The van der Waals surface area contributed by atoms with E-state index in [0.717, 1.165) is 24.3 Å². The van der Waals surface area contributed by atoms with Gasteiger partial charge in [-0.2, -0.15) is 0 Å². The van der Waals surface area contributed by atoms with Gasteiger partial charge in [0.1, 0.15) is 5.82 Å². The van der Waals surface area contributed by atoms with Crippen molar-refractivity contribution in [2.75, 3.05) is 23.3 Å². The van der Waals surface area contributed by atoms with Crippen LogP contribution >= 0.6 is 11.6 Å². The van der Waals surface area contributed by atoms with Crippen LogP contribution in [0.25, 0.3) is 0 Å². The molecule has 0 aliphatic heterocycles. The van der Waals surface area contributed by atoms with Gasteiger partial charge >= 0.3 is 0 Å². The summed E-state index contributed by atoms with van der Waals surface area (Å²) in [5.74, 6) is -0.382. The van der Waals surface area contributed by atoms with Crippen LogP contribution in [0.2, 0.25) is 5.02 Å². The summed E-state index contributed by atoms with van der Waals surface area (Å²) in [6.07, 6.45) is 0. The van der Waals surface area contributed by atoms with E-state index in [1.807, 2.05) is 18.2 Å². The summed E-state index contributed by atoms with van der Waals surface area (Å²) in [6, 6.07) is 13.1. The van der Waals surface area contributed by atoms with E-state index >= 15 is 0 Å². The zero-order chi connectivity index (χ0) is 15.2. The Kier molecular flexibility index (Phi) is 5.45. The lowest BCUT2D eigenvalue weighted by Crippen LogP contribution is -2.21. The molecule has 0 aliphatic rings. The molecule has 2 aromatic carbocycles. The fraction of sp³-hybridized carbons (Fsp3) is 0.294. The number of rotatable bonds is 6. The minimum absolute atomic E-state index is 0.155. The molecule has 2 aromatic rings. The molecule has 1 N–H and O–H groups in total. The van der Waals surface area contributed by atoms with Gasteiger partial charge in [0.25, 0.3) is 0 Å². The number of hydrogen-bond donors (Lipinski definition) is 1. The summed E-state index contributed by atoms with van der Waals surface area (Å²) in [4.78, 5) is 2.29. The second kappa shape index (κ2) is 7.32.